The molecular weight excluding hydrogens is 981 g/mol. The Labute approximate surface area is 495 Å². The zero-order chi connectivity index (χ0) is 57.6. The largest absolute Gasteiger partial charge is 0.462 e. The van der Waals surface area contributed by atoms with Crippen molar-refractivity contribution in [1.82, 2.24) is 0 Å². The van der Waals surface area contributed by atoms with Crippen LogP contribution in [0.3, 0.4) is 0 Å². The number of aliphatic hydroxyl groups excluding tert-OH is 1. The second kappa shape index (κ2) is 69.1. The van der Waals surface area contributed by atoms with Crippen LogP contribution in [0.15, 0.2) is 146 Å². The molecule has 0 amide bonds. The van der Waals surface area contributed by atoms with Crippen LogP contribution in [-0.4, -0.2) is 36.4 Å². The third-order valence-electron chi connectivity index (χ3n) is 14.1. The number of ether oxygens (including phenoxy) is 2. The first-order chi connectivity index (χ1) is 39.6. The molecular formula is C75H124O5. The van der Waals surface area contributed by atoms with E-state index < -0.39 is 6.10 Å². The van der Waals surface area contributed by atoms with Crippen molar-refractivity contribution in [3.05, 3.63) is 146 Å². The molecule has 80 heavy (non-hydrogen) atoms. The summed E-state index contributed by atoms with van der Waals surface area (Å²) in [7, 11) is 0. The average molecular weight is 1110 g/mol. The number of hydrogen-bond donors (Lipinski definition) is 1. The van der Waals surface area contributed by atoms with Crippen molar-refractivity contribution in [1.29, 1.82) is 0 Å². The van der Waals surface area contributed by atoms with Crippen LogP contribution in [0.25, 0.3) is 0 Å². The van der Waals surface area contributed by atoms with E-state index in [1.807, 2.05) is 0 Å². The quantitative estimate of drug-likeness (QED) is 0.0373. The van der Waals surface area contributed by atoms with E-state index in [1.54, 1.807) is 0 Å². The third kappa shape index (κ3) is 66.3. The van der Waals surface area contributed by atoms with Crippen molar-refractivity contribution < 1.29 is 24.2 Å². The van der Waals surface area contributed by atoms with Gasteiger partial charge in [-0.3, -0.25) is 9.59 Å². The summed E-state index contributed by atoms with van der Waals surface area (Å²) in [6.45, 7) is 3.93. The fourth-order valence-electron chi connectivity index (χ4n) is 9.21. The molecule has 0 heterocycles. The number of unbranched alkanes of at least 4 members (excludes halogenated alkanes) is 28. The molecule has 1 N–H and O–H groups in total. The van der Waals surface area contributed by atoms with Crippen molar-refractivity contribution in [3.8, 4) is 0 Å². The number of hydrogen-bond acceptors (Lipinski definition) is 5. The highest BCUT2D eigenvalue weighted by molar-refractivity contribution is 5.70. The Balaban J connectivity index is 3.50. The Bertz CT molecular complexity index is 1680. The molecule has 0 aromatic rings. The van der Waals surface area contributed by atoms with E-state index in [4.69, 9.17) is 9.47 Å². The lowest BCUT2D eigenvalue weighted by Gasteiger charge is -2.15. The van der Waals surface area contributed by atoms with Crippen LogP contribution >= 0.6 is 0 Å². The summed E-state index contributed by atoms with van der Waals surface area (Å²) in [5.74, 6) is -0.590. The van der Waals surface area contributed by atoms with Gasteiger partial charge in [-0.25, -0.2) is 0 Å². The van der Waals surface area contributed by atoms with Gasteiger partial charge < -0.3 is 14.6 Å². The monoisotopic (exact) mass is 1100 g/mol. The van der Waals surface area contributed by atoms with Crippen LogP contribution in [0.4, 0.5) is 0 Å². The fraction of sp³-hybridized carbons (Fsp3) is 0.653. The molecule has 0 fully saturated rings. The molecule has 0 rings (SSSR count). The molecule has 1 atom stereocenters. The molecule has 0 aliphatic heterocycles. The maximum Gasteiger partial charge on any atom is 0.306 e. The molecule has 0 saturated carbocycles. The van der Waals surface area contributed by atoms with E-state index in [-0.39, 0.29) is 25.2 Å². The van der Waals surface area contributed by atoms with Gasteiger partial charge in [-0.15, -0.1) is 0 Å². The van der Waals surface area contributed by atoms with Crippen molar-refractivity contribution in [2.75, 3.05) is 13.2 Å². The highest BCUT2D eigenvalue weighted by Crippen LogP contribution is 2.17. The molecule has 0 saturated heterocycles. The third-order valence-corrected chi connectivity index (χ3v) is 14.1. The van der Waals surface area contributed by atoms with Crippen LogP contribution in [0, 0.1) is 0 Å². The van der Waals surface area contributed by atoms with Gasteiger partial charge >= 0.3 is 11.9 Å². The van der Waals surface area contributed by atoms with Crippen molar-refractivity contribution in [2.24, 2.45) is 0 Å². The summed E-state index contributed by atoms with van der Waals surface area (Å²) in [6, 6.07) is 0. The van der Waals surface area contributed by atoms with Crippen LogP contribution < -0.4 is 0 Å². The van der Waals surface area contributed by atoms with Gasteiger partial charge in [-0.05, 0) is 116 Å². The van der Waals surface area contributed by atoms with Crippen molar-refractivity contribution >= 4 is 11.9 Å². The number of aliphatic hydroxyl groups is 1. The summed E-state index contributed by atoms with van der Waals surface area (Å²) >= 11 is 0. The van der Waals surface area contributed by atoms with Gasteiger partial charge in [0.05, 0.1) is 6.61 Å². The zero-order valence-electron chi connectivity index (χ0n) is 52.0. The second-order valence-corrected chi connectivity index (χ2v) is 21.8. The number of esters is 2. The molecule has 0 radical (unpaired) electrons. The molecule has 5 heteroatoms. The molecule has 0 bridgehead atoms. The van der Waals surface area contributed by atoms with E-state index >= 15 is 0 Å². The van der Waals surface area contributed by atoms with Crippen LogP contribution in [-0.2, 0) is 19.1 Å². The summed E-state index contributed by atoms with van der Waals surface area (Å²) < 4.78 is 10.8. The molecule has 1 unspecified atom stereocenters. The minimum Gasteiger partial charge on any atom is -0.462 e. The summed E-state index contributed by atoms with van der Waals surface area (Å²) in [5, 5.41) is 9.70. The van der Waals surface area contributed by atoms with Crippen LogP contribution in [0.5, 0.6) is 0 Å². The van der Waals surface area contributed by atoms with Gasteiger partial charge in [-0.1, -0.05) is 314 Å². The molecule has 0 aliphatic carbocycles. The molecule has 5 nitrogen and oxygen atoms in total. The van der Waals surface area contributed by atoms with E-state index in [2.05, 4.69) is 160 Å². The first kappa shape index (κ1) is 75.8. The van der Waals surface area contributed by atoms with E-state index in [9.17, 15) is 14.7 Å². The lowest BCUT2D eigenvalue weighted by molar-refractivity contribution is -0.161. The number of carbonyl (C=O) groups is 2. The van der Waals surface area contributed by atoms with E-state index in [0.29, 0.717) is 12.8 Å². The van der Waals surface area contributed by atoms with Gasteiger partial charge in [0, 0.05) is 12.8 Å². The predicted octanol–water partition coefficient (Wildman–Crippen LogP) is 23.3. The van der Waals surface area contributed by atoms with E-state index in [0.717, 1.165) is 116 Å². The first-order valence-corrected chi connectivity index (χ1v) is 33.4. The highest BCUT2D eigenvalue weighted by atomic mass is 16.6. The Morgan fingerprint density at radius 3 is 0.750 bits per heavy atom. The van der Waals surface area contributed by atoms with Gasteiger partial charge in [0.25, 0.3) is 0 Å². The maximum absolute atomic E-state index is 12.4. The maximum atomic E-state index is 12.4. The Morgan fingerprint density at radius 1 is 0.287 bits per heavy atom. The lowest BCUT2D eigenvalue weighted by atomic mass is 10.0. The topological polar surface area (TPSA) is 72.8 Å². The summed E-state index contributed by atoms with van der Waals surface area (Å²) in [5.41, 5.74) is 0. The smallest absolute Gasteiger partial charge is 0.306 e. The normalized spacial score (nSPS) is 13.2. The summed E-state index contributed by atoms with van der Waals surface area (Å²) in [6.07, 6.45) is 104. The SMILES string of the molecule is CC/C=C\C/C=C\C/C=C\C/C=C\C/C=C\C/C=C\CCCCCCCCCCCCCCCCC(=O)OCC(CO)OC(=O)CCCCCCCCCCCCCCCC/C=C\C/C=C\C/C=C\C/C=C\C/C=C\C/C=C\CC. The van der Waals surface area contributed by atoms with Gasteiger partial charge in [0.2, 0.25) is 0 Å². The zero-order valence-corrected chi connectivity index (χ0v) is 52.0. The molecule has 0 aromatic carbocycles. The predicted molar refractivity (Wildman–Crippen MR) is 352 cm³/mol. The standard InChI is InChI=1S/C75H124O5/c1-3-5-7-9-11-13-15-17-19-21-23-25-27-29-31-33-35-37-39-41-43-45-47-49-51-53-55-57-59-61-63-65-67-69-74(77)79-72-73(71-76)80-75(78)70-68-66-64-62-60-58-56-54-52-50-48-46-44-42-40-38-36-34-32-30-28-26-24-22-20-18-16-14-12-10-8-6-4-2/h5-8,11-14,17-20,23-26,29-32,35-38,73,76H,3-4,9-10,15-16,21-22,27-28,33-34,39-72H2,1-2H3/b7-5-,8-6-,13-11-,14-12-,19-17-,20-18-,25-23-,26-24-,31-29-,32-30-,37-35-,38-36-. The summed E-state index contributed by atoms with van der Waals surface area (Å²) in [4.78, 5) is 24.6. The Kier molecular flexibility index (Phi) is 65.4. The van der Waals surface area contributed by atoms with Gasteiger partial charge in [-0.2, -0.15) is 0 Å². The Morgan fingerprint density at radius 2 is 0.500 bits per heavy atom. The van der Waals surface area contributed by atoms with Crippen LogP contribution in [0.1, 0.15) is 296 Å². The van der Waals surface area contributed by atoms with Crippen LogP contribution in [0.2, 0.25) is 0 Å². The first-order valence-electron chi connectivity index (χ1n) is 33.4. The molecule has 454 valence electrons. The Hall–Kier alpha value is -4.22. The van der Waals surface area contributed by atoms with E-state index in [1.165, 1.54) is 154 Å². The molecule has 0 aliphatic rings. The minimum absolute atomic E-state index is 0.0716. The molecule has 0 spiro atoms. The number of rotatable bonds is 60. The average Bonchev–Trinajstić information content (AvgIpc) is 3.46. The van der Waals surface area contributed by atoms with Gasteiger partial charge in [0.1, 0.15) is 6.61 Å². The fourth-order valence-corrected chi connectivity index (χ4v) is 9.21. The second-order valence-electron chi connectivity index (χ2n) is 21.8. The lowest BCUT2D eigenvalue weighted by Crippen LogP contribution is -2.28. The van der Waals surface area contributed by atoms with Gasteiger partial charge in [0.15, 0.2) is 6.10 Å². The molecule has 0 aromatic heterocycles. The minimum atomic E-state index is -0.782. The highest BCUT2D eigenvalue weighted by Gasteiger charge is 2.16. The number of carbonyl (C=O) groups excluding carboxylic acids is 2. The van der Waals surface area contributed by atoms with Crippen molar-refractivity contribution in [2.45, 2.75) is 302 Å². The van der Waals surface area contributed by atoms with Crippen molar-refractivity contribution in [3.63, 3.8) is 0 Å². The number of allylic oxidation sites excluding steroid dienone is 24.